The summed E-state index contributed by atoms with van der Waals surface area (Å²) >= 11 is 5.18. The molecule has 0 fully saturated rings. The first kappa shape index (κ1) is 15.4. The van der Waals surface area contributed by atoms with Gasteiger partial charge < -0.3 is 0 Å². The predicted molar refractivity (Wildman–Crippen MR) is 88.3 cm³/mol. The van der Waals surface area contributed by atoms with Crippen molar-refractivity contribution in [2.45, 2.75) is 25.9 Å². The highest BCUT2D eigenvalue weighted by atomic mass is 79.9. The second-order valence-electron chi connectivity index (χ2n) is 4.80. The Balaban J connectivity index is 2.09. The van der Waals surface area contributed by atoms with Gasteiger partial charge in [-0.3, -0.25) is 9.69 Å². The van der Waals surface area contributed by atoms with Gasteiger partial charge >= 0.3 is 0 Å². The molecule has 106 valence electrons. The highest BCUT2D eigenvalue weighted by Gasteiger charge is 2.22. The van der Waals surface area contributed by atoms with Crippen LogP contribution in [0.4, 0.5) is 0 Å². The van der Waals surface area contributed by atoms with Crippen LogP contribution in [-0.2, 0) is 6.54 Å². The standard InChI is InChI=1S/C16H18BrNOS/c1-3-15(16(19)12-7-5-4-6-8-12)18(2)10-14-9-13(17)11-20-14/h4-9,11,15H,3,10H2,1-2H3. The molecule has 20 heavy (non-hydrogen) atoms. The normalized spacial score (nSPS) is 12.6. The van der Waals surface area contributed by atoms with E-state index in [0.717, 1.165) is 23.0 Å². The molecule has 1 heterocycles. The smallest absolute Gasteiger partial charge is 0.179 e. The van der Waals surface area contributed by atoms with E-state index in [-0.39, 0.29) is 11.8 Å². The number of likely N-dealkylation sites (N-methyl/N-ethyl adjacent to an activating group) is 1. The Labute approximate surface area is 132 Å². The van der Waals surface area contributed by atoms with E-state index < -0.39 is 0 Å². The molecule has 0 radical (unpaired) electrons. The molecule has 1 unspecified atom stereocenters. The molecular weight excluding hydrogens is 334 g/mol. The van der Waals surface area contributed by atoms with Crippen LogP contribution in [0.25, 0.3) is 0 Å². The summed E-state index contributed by atoms with van der Waals surface area (Å²) in [6.07, 6.45) is 0.816. The zero-order chi connectivity index (χ0) is 14.5. The fraction of sp³-hybridized carbons (Fsp3) is 0.312. The molecule has 0 saturated heterocycles. The Kier molecular flexibility index (Phi) is 5.52. The van der Waals surface area contributed by atoms with E-state index in [1.54, 1.807) is 11.3 Å². The zero-order valence-corrected chi connectivity index (χ0v) is 14.1. The quantitative estimate of drug-likeness (QED) is 0.708. The minimum absolute atomic E-state index is 0.0710. The molecule has 1 atom stereocenters. The summed E-state index contributed by atoms with van der Waals surface area (Å²) in [4.78, 5) is 16.0. The molecule has 4 heteroatoms. The predicted octanol–water partition coefficient (Wildman–Crippen LogP) is 4.60. The van der Waals surface area contributed by atoms with Crippen molar-refractivity contribution in [2.24, 2.45) is 0 Å². The number of Topliss-reactive ketones (excluding diaryl/α,β-unsaturated/α-hetero) is 1. The Hall–Kier alpha value is -0.970. The van der Waals surface area contributed by atoms with Gasteiger partial charge in [0.25, 0.3) is 0 Å². The fourth-order valence-electron chi connectivity index (χ4n) is 2.28. The minimum atomic E-state index is -0.0710. The van der Waals surface area contributed by atoms with Crippen molar-refractivity contribution in [2.75, 3.05) is 7.05 Å². The van der Waals surface area contributed by atoms with Crippen molar-refractivity contribution < 1.29 is 4.79 Å². The number of hydrogen-bond acceptors (Lipinski definition) is 3. The lowest BCUT2D eigenvalue weighted by atomic mass is 10.0. The van der Waals surface area contributed by atoms with Crippen LogP contribution < -0.4 is 0 Å². The summed E-state index contributed by atoms with van der Waals surface area (Å²) in [5.74, 6) is 0.200. The lowest BCUT2D eigenvalue weighted by Crippen LogP contribution is -2.37. The van der Waals surface area contributed by atoms with E-state index in [1.165, 1.54) is 4.88 Å². The van der Waals surface area contributed by atoms with Crippen molar-refractivity contribution in [3.8, 4) is 0 Å². The average molecular weight is 352 g/mol. The second kappa shape index (κ2) is 7.16. The number of rotatable bonds is 6. The average Bonchev–Trinajstić information content (AvgIpc) is 2.85. The largest absolute Gasteiger partial charge is 0.292 e. The maximum absolute atomic E-state index is 12.6. The summed E-state index contributed by atoms with van der Waals surface area (Å²) < 4.78 is 1.10. The molecule has 0 aliphatic carbocycles. The lowest BCUT2D eigenvalue weighted by Gasteiger charge is -2.25. The third-order valence-corrected chi connectivity index (χ3v) is 4.99. The van der Waals surface area contributed by atoms with E-state index in [0.29, 0.717) is 0 Å². The number of carbonyl (C=O) groups is 1. The van der Waals surface area contributed by atoms with E-state index in [1.807, 2.05) is 37.4 Å². The first-order chi connectivity index (χ1) is 9.61. The summed E-state index contributed by atoms with van der Waals surface area (Å²) in [7, 11) is 2.02. The van der Waals surface area contributed by atoms with E-state index >= 15 is 0 Å². The van der Waals surface area contributed by atoms with Crippen LogP contribution in [-0.4, -0.2) is 23.8 Å². The van der Waals surface area contributed by atoms with Crippen LogP contribution in [0.1, 0.15) is 28.6 Å². The Bertz CT molecular complexity index is 567. The summed E-state index contributed by atoms with van der Waals surface area (Å²) in [5, 5.41) is 2.07. The molecular formula is C16H18BrNOS. The first-order valence-corrected chi connectivity index (χ1v) is 8.31. The molecule has 1 aromatic carbocycles. The third-order valence-electron chi connectivity index (χ3n) is 3.31. The number of benzene rings is 1. The van der Waals surface area contributed by atoms with Gasteiger partial charge in [-0.25, -0.2) is 0 Å². The van der Waals surface area contributed by atoms with Crippen LogP contribution in [0.3, 0.4) is 0 Å². The van der Waals surface area contributed by atoms with Gasteiger partial charge in [-0.1, -0.05) is 37.3 Å². The number of carbonyl (C=O) groups excluding carboxylic acids is 1. The van der Waals surface area contributed by atoms with Gasteiger partial charge in [-0.05, 0) is 35.5 Å². The Morgan fingerprint density at radius 2 is 2.05 bits per heavy atom. The summed E-state index contributed by atoms with van der Waals surface area (Å²) in [6.45, 7) is 2.86. The van der Waals surface area contributed by atoms with Crippen LogP contribution in [0.5, 0.6) is 0 Å². The molecule has 0 aliphatic rings. The lowest BCUT2D eigenvalue weighted by molar-refractivity contribution is 0.0839. The van der Waals surface area contributed by atoms with Crippen molar-refractivity contribution in [1.82, 2.24) is 4.90 Å². The first-order valence-electron chi connectivity index (χ1n) is 6.64. The number of hydrogen-bond donors (Lipinski definition) is 0. The monoisotopic (exact) mass is 351 g/mol. The fourth-order valence-corrected chi connectivity index (χ4v) is 3.80. The highest BCUT2D eigenvalue weighted by Crippen LogP contribution is 2.22. The molecule has 2 nitrogen and oxygen atoms in total. The van der Waals surface area contributed by atoms with Crippen molar-refractivity contribution in [1.29, 1.82) is 0 Å². The van der Waals surface area contributed by atoms with E-state index in [2.05, 4.69) is 39.2 Å². The highest BCUT2D eigenvalue weighted by molar-refractivity contribution is 9.10. The second-order valence-corrected chi connectivity index (χ2v) is 6.71. The SMILES string of the molecule is CCC(C(=O)c1ccccc1)N(C)Cc1cc(Br)cs1. The van der Waals surface area contributed by atoms with Crippen molar-refractivity contribution >= 4 is 33.0 Å². The molecule has 2 rings (SSSR count). The number of ketones is 1. The maximum atomic E-state index is 12.6. The maximum Gasteiger partial charge on any atom is 0.179 e. The Morgan fingerprint density at radius 3 is 2.60 bits per heavy atom. The van der Waals surface area contributed by atoms with Gasteiger partial charge in [-0.15, -0.1) is 11.3 Å². The minimum Gasteiger partial charge on any atom is -0.292 e. The van der Waals surface area contributed by atoms with Gasteiger partial charge in [0.1, 0.15) is 0 Å². The molecule has 0 aliphatic heterocycles. The molecule has 0 amide bonds. The molecule has 2 aromatic rings. The Morgan fingerprint density at radius 1 is 1.35 bits per heavy atom. The van der Waals surface area contributed by atoms with Crippen LogP contribution >= 0.6 is 27.3 Å². The van der Waals surface area contributed by atoms with Gasteiger partial charge in [0.2, 0.25) is 0 Å². The van der Waals surface area contributed by atoms with Gasteiger partial charge in [0, 0.05) is 26.8 Å². The van der Waals surface area contributed by atoms with Gasteiger partial charge in [0.15, 0.2) is 5.78 Å². The topological polar surface area (TPSA) is 20.3 Å². The molecule has 0 bridgehead atoms. The van der Waals surface area contributed by atoms with Crippen molar-refractivity contribution in [3.05, 3.63) is 56.7 Å². The van der Waals surface area contributed by atoms with Crippen LogP contribution in [0, 0.1) is 0 Å². The molecule has 0 saturated carbocycles. The number of halogens is 1. The zero-order valence-electron chi connectivity index (χ0n) is 11.7. The molecule has 0 N–H and O–H groups in total. The van der Waals surface area contributed by atoms with Gasteiger partial charge in [0.05, 0.1) is 6.04 Å². The number of thiophene rings is 1. The molecule has 1 aromatic heterocycles. The van der Waals surface area contributed by atoms with E-state index in [9.17, 15) is 4.79 Å². The van der Waals surface area contributed by atoms with Crippen LogP contribution in [0.2, 0.25) is 0 Å². The number of nitrogens with zero attached hydrogens (tertiary/aromatic N) is 1. The summed E-state index contributed by atoms with van der Waals surface area (Å²) in [6, 6.07) is 11.6. The van der Waals surface area contributed by atoms with Crippen LogP contribution in [0.15, 0.2) is 46.3 Å². The van der Waals surface area contributed by atoms with Gasteiger partial charge in [-0.2, -0.15) is 0 Å². The van der Waals surface area contributed by atoms with E-state index in [4.69, 9.17) is 0 Å². The summed E-state index contributed by atoms with van der Waals surface area (Å²) in [5.41, 5.74) is 0.790. The third kappa shape index (κ3) is 3.78. The molecule has 0 spiro atoms. The van der Waals surface area contributed by atoms with Crippen molar-refractivity contribution in [3.63, 3.8) is 0 Å².